The lowest BCUT2D eigenvalue weighted by Crippen LogP contribution is -2.10. The summed E-state index contributed by atoms with van der Waals surface area (Å²) in [4.78, 5) is 4.33. The third-order valence-corrected chi connectivity index (χ3v) is 3.85. The van der Waals surface area contributed by atoms with Crippen molar-refractivity contribution < 1.29 is 4.74 Å². The van der Waals surface area contributed by atoms with Crippen molar-refractivity contribution in [1.82, 2.24) is 4.98 Å². The molecule has 0 aliphatic carbocycles. The lowest BCUT2D eigenvalue weighted by molar-refractivity contribution is 0.486. The van der Waals surface area contributed by atoms with E-state index in [9.17, 15) is 0 Å². The molecule has 0 spiro atoms. The Bertz CT molecular complexity index is 804. The fraction of sp³-hybridized carbons (Fsp3) is 0.211. The van der Waals surface area contributed by atoms with Crippen molar-refractivity contribution >= 4 is 22.5 Å². The first kappa shape index (κ1) is 14.9. The number of ether oxygens (including phenoxy) is 1. The molecule has 2 aromatic carbocycles. The van der Waals surface area contributed by atoms with Crippen LogP contribution in [0.15, 0.2) is 54.7 Å². The van der Waals surface area contributed by atoms with Crippen LogP contribution in [0.25, 0.3) is 10.9 Å². The molecule has 3 aromatic rings. The zero-order chi connectivity index (χ0) is 15.7. The molecule has 0 saturated carbocycles. The second-order valence-electron chi connectivity index (χ2n) is 6.35. The van der Waals surface area contributed by atoms with E-state index in [1.807, 2.05) is 36.4 Å². The number of halogens is 1. The SMILES string of the molecule is CC(C)(C)c1ccc(Oc2ccnc3cc(Cl)ccc23)cc1. The van der Waals surface area contributed by atoms with Crippen molar-refractivity contribution in [2.75, 3.05) is 0 Å². The number of pyridine rings is 1. The standard InChI is InChI=1S/C19H18ClNO/c1-19(2,3)13-4-7-15(8-5-13)22-18-10-11-21-17-12-14(20)6-9-16(17)18/h4-12H,1-3H3. The summed E-state index contributed by atoms with van der Waals surface area (Å²) in [6, 6.07) is 15.7. The molecule has 22 heavy (non-hydrogen) atoms. The maximum Gasteiger partial charge on any atom is 0.138 e. The Kier molecular flexibility index (Phi) is 3.79. The molecule has 0 radical (unpaired) electrons. The van der Waals surface area contributed by atoms with Gasteiger partial charge in [0.15, 0.2) is 0 Å². The van der Waals surface area contributed by atoms with Crippen LogP contribution >= 0.6 is 11.6 Å². The van der Waals surface area contributed by atoms with Gasteiger partial charge in [-0.1, -0.05) is 44.5 Å². The van der Waals surface area contributed by atoms with E-state index in [4.69, 9.17) is 16.3 Å². The summed E-state index contributed by atoms with van der Waals surface area (Å²) in [6.07, 6.45) is 1.73. The molecule has 0 unspecified atom stereocenters. The van der Waals surface area contributed by atoms with E-state index in [-0.39, 0.29) is 5.41 Å². The topological polar surface area (TPSA) is 22.1 Å². The van der Waals surface area contributed by atoms with Crippen LogP contribution in [-0.2, 0) is 5.41 Å². The number of rotatable bonds is 2. The summed E-state index contributed by atoms with van der Waals surface area (Å²) in [7, 11) is 0. The Labute approximate surface area is 135 Å². The van der Waals surface area contributed by atoms with Crippen LogP contribution in [0, 0.1) is 0 Å². The van der Waals surface area contributed by atoms with Crippen LogP contribution in [0.3, 0.4) is 0 Å². The third kappa shape index (κ3) is 3.07. The van der Waals surface area contributed by atoms with Gasteiger partial charge in [-0.3, -0.25) is 4.98 Å². The number of aromatic nitrogens is 1. The normalized spacial score (nSPS) is 11.6. The molecule has 1 heterocycles. The zero-order valence-corrected chi connectivity index (χ0v) is 13.7. The van der Waals surface area contributed by atoms with E-state index in [0.29, 0.717) is 5.02 Å². The smallest absolute Gasteiger partial charge is 0.138 e. The number of benzene rings is 2. The highest BCUT2D eigenvalue weighted by atomic mass is 35.5. The zero-order valence-electron chi connectivity index (χ0n) is 12.9. The lowest BCUT2D eigenvalue weighted by atomic mass is 9.87. The Morgan fingerprint density at radius 3 is 2.36 bits per heavy atom. The van der Waals surface area contributed by atoms with Gasteiger partial charge in [-0.25, -0.2) is 0 Å². The highest BCUT2D eigenvalue weighted by Gasteiger charge is 2.13. The molecule has 3 rings (SSSR count). The molecule has 0 bridgehead atoms. The van der Waals surface area contributed by atoms with Crippen LogP contribution in [-0.4, -0.2) is 4.98 Å². The molecule has 2 nitrogen and oxygen atoms in total. The highest BCUT2D eigenvalue weighted by molar-refractivity contribution is 6.31. The average molecular weight is 312 g/mol. The summed E-state index contributed by atoms with van der Waals surface area (Å²) in [5.74, 6) is 1.60. The Hall–Kier alpha value is -2.06. The van der Waals surface area contributed by atoms with Crippen LogP contribution in [0.1, 0.15) is 26.3 Å². The van der Waals surface area contributed by atoms with Crippen molar-refractivity contribution in [1.29, 1.82) is 0 Å². The minimum Gasteiger partial charge on any atom is -0.457 e. The van der Waals surface area contributed by atoms with Gasteiger partial charge in [-0.15, -0.1) is 0 Å². The summed E-state index contributed by atoms with van der Waals surface area (Å²) in [5, 5.41) is 1.62. The summed E-state index contributed by atoms with van der Waals surface area (Å²) in [5.41, 5.74) is 2.25. The minimum absolute atomic E-state index is 0.138. The van der Waals surface area contributed by atoms with E-state index >= 15 is 0 Å². The fourth-order valence-corrected chi connectivity index (χ4v) is 2.50. The first-order valence-electron chi connectivity index (χ1n) is 7.26. The van der Waals surface area contributed by atoms with Gasteiger partial charge in [0, 0.05) is 16.6 Å². The molecular formula is C19H18ClNO. The number of fused-ring (bicyclic) bond motifs is 1. The van der Waals surface area contributed by atoms with Crippen LogP contribution in [0.2, 0.25) is 5.02 Å². The molecule has 0 fully saturated rings. The monoisotopic (exact) mass is 311 g/mol. The molecule has 0 atom stereocenters. The summed E-state index contributed by atoms with van der Waals surface area (Å²) in [6.45, 7) is 6.59. The Morgan fingerprint density at radius 1 is 0.955 bits per heavy atom. The van der Waals surface area contributed by atoms with Gasteiger partial charge in [0.25, 0.3) is 0 Å². The average Bonchev–Trinajstić information content (AvgIpc) is 2.47. The Balaban J connectivity index is 1.93. The largest absolute Gasteiger partial charge is 0.457 e. The van der Waals surface area contributed by atoms with Crippen molar-refractivity contribution in [3.8, 4) is 11.5 Å². The third-order valence-electron chi connectivity index (χ3n) is 3.61. The molecule has 0 amide bonds. The molecule has 3 heteroatoms. The first-order valence-corrected chi connectivity index (χ1v) is 7.64. The van der Waals surface area contributed by atoms with E-state index in [1.54, 1.807) is 6.20 Å². The number of hydrogen-bond donors (Lipinski definition) is 0. The molecule has 0 aliphatic rings. The lowest BCUT2D eigenvalue weighted by Gasteiger charge is -2.19. The Morgan fingerprint density at radius 2 is 1.68 bits per heavy atom. The van der Waals surface area contributed by atoms with Gasteiger partial charge in [-0.2, -0.15) is 0 Å². The maximum absolute atomic E-state index is 6.02. The van der Waals surface area contributed by atoms with Crippen molar-refractivity contribution in [2.24, 2.45) is 0 Å². The predicted molar refractivity (Wildman–Crippen MR) is 92.0 cm³/mol. The van der Waals surface area contributed by atoms with Crippen molar-refractivity contribution in [2.45, 2.75) is 26.2 Å². The maximum atomic E-state index is 6.02. The van der Waals surface area contributed by atoms with E-state index in [0.717, 1.165) is 22.4 Å². The van der Waals surface area contributed by atoms with Gasteiger partial charge < -0.3 is 4.74 Å². The molecule has 0 aliphatic heterocycles. The minimum atomic E-state index is 0.138. The molecule has 0 N–H and O–H groups in total. The van der Waals surface area contributed by atoms with E-state index < -0.39 is 0 Å². The van der Waals surface area contributed by atoms with Crippen LogP contribution in [0.4, 0.5) is 0 Å². The van der Waals surface area contributed by atoms with Crippen LogP contribution < -0.4 is 4.74 Å². The molecule has 112 valence electrons. The fourth-order valence-electron chi connectivity index (χ4n) is 2.33. The van der Waals surface area contributed by atoms with Gasteiger partial charge in [0.1, 0.15) is 11.5 Å². The number of hydrogen-bond acceptors (Lipinski definition) is 2. The summed E-state index contributed by atoms with van der Waals surface area (Å²) >= 11 is 6.01. The van der Waals surface area contributed by atoms with E-state index in [2.05, 4.69) is 37.9 Å². The molecule has 0 saturated heterocycles. The molecular weight excluding hydrogens is 294 g/mol. The van der Waals surface area contributed by atoms with Crippen LogP contribution in [0.5, 0.6) is 11.5 Å². The first-order chi connectivity index (χ1) is 10.4. The van der Waals surface area contributed by atoms with Crippen molar-refractivity contribution in [3.05, 3.63) is 65.3 Å². The second-order valence-corrected chi connectivity index (χ2v) is 6.78. The van der Waals surface area contributed by atoms with E-state index in [1.165, 1.54) is 5.56 Å². The van der Waals surface area contributed by atoms with Gasteiger partial charge in [0.2, 0.25) is 0 Å². The number of nitrogens with zero attached hydrogens (tertiary/aromatic N) is 1. The summed E-state index contributed by atoms with van der Waals surface area (Å²) < 4.78 is 6.02. The highest BCUT2D eigenvalue weighted by Crippen LogP contribution is 2.31. The van der Waals surface area contributed by atoms with Gasteiger partial charge in [0.05, 0.1) is 5.52 Å². The van der Waals surface area contributed by atoms with Crippen molar-refractivity contribution in [3.63, 3.8) is 0 Å². The van der Waals surface area contributed by atoms with Gasteiger partial charge in [-0.05, 0) is 47.4 Å². The quantitative estimate of drug-likeness (QED) is 0.581. The predicted octanol–water partition coefficient (Wildman–Crippen LogP) is 5.98. The van der Waals surface area contributed by atoms with Gasteiger partial charge >= 0.3 is 0 Å². The molecule has 1 aromatic heterocycles. The second kappa shape index (κ2) is 5.62.